The van der Waals surface area contributed by atoms with Gasteiger partial charge in [-0.05, 0) is 77.1 Å². The lowest BCUT2D eigenvalue weighted by Crippen LogP contribution is -2.40. The molecule has 2 unspecified atom stereocenters. The minimum Gasteiger partial charge on any atom is -0.388 e. The Morgan fingerprint density at radius 1 is 1.15 bits per heavy atom. The van der Waals surface area contributed by atoms with Crippen LogP contribution in [0.5, 0.6) is 0 Å². The van der Waals surface area contributed by atoms with E-state index in [1.165, 1.54) is 28.1 Å². The molecule has 2 N–H and O–H groups in total. The number of hydrogen-bond acceptors (Lipinski definition) is 5. The minimum atomic E-state index is 0.137. The molecule has 6 heteroatoms. The molecule has 5 nitrogen and oxygen atoms in total. The van der Waals surface area contributed by atoms with Gasteiger partial charge in [0.05, 0.1) is 17.5 Å². The Bertz CT molecular complexity index is 1270. The first kappa shape index (κ1) is 31.8. The normalized spacial score (nSPS) is 18.7. The van der Waals surface area contributed by atoms with Crippen LogP contribution in [0.2, 0.25) is 0 Å². The number of benzene rings is 2. The summed E-state index contributed by atoms with van der Waals surface area (Å²) in [5, 5.41) is 11.6. The molecule has 1 aliphatic rings. The second-order valence-electron chi connectivity index (χ2n) is 10.7. The number of anilines is 1. The third-order valence-corrected chi connectivity index (χ3v) is 8.91. The highest BCUT2D eigenvalue weighted by atomic mass is 32.1. The van der Waals surface area contributed by atoms with Crippen molar-refractivity contribution in [2.45, 2.75) is 59.3 Å². The molecule has 0 spiro atoms. The van der Waals surface area contributed by atoms with E-state index in [0.29, 0.717) is 23.6 Å². The summed E-state index contributed by atoms with van der Waals surface area (Å²) in [5.74, 6) is 2.33. The van der Waals surface area contributed by atoms with Gasteiger partial charge in [-0.15, -0.1) is 11.3 Å². The summed E-state index contributed by atoms with van der Waals surface area (Å²) in [6.45, 7) is 17.6. The van der Waals surface area contributed by atoms with Gasteiger partial charge < -0.3 is 15.4 Å². The number of nitrogens with two attached hydrogens (primary N) is 1. The van der Waals surface area contributed by atoms with E-state index >= 15 is 0 Å². The molecule has 0 amide bonds. The second-order valence-corrected chi connectivity index (χ2v) is 11.6. The highest BCUT2D eigenvalue weighted by molar-refractivity contribution is 7.10. The van der Waals surface area contributed by atoms with Crippen molar-refractivity contribution in [3.63, 3.8) is 0 Å². The summed E-state index contributed by atoms with van der Waals surface area (Å²) in [7, 11) is 1.66. The van der Waals surface area contributed by atoms with E-state index in [2.05, 4.69) is 92.4 Å². The van der Waals surface area contributed by atoms with E-state index in [0.717, 1.165) is 24.2 Å². The molecule has 3 aromatic rings. The first-order valence-corrected chi connectivity index (χ1v) is 14.5. The van der Waals surface area contributed by atoms with Crippen LogP contribution in [0.1, 0.15) is 69.9 Å². The van der Waals surface area contributed by atoms with Crippen LogP contribution >= 0.6 is 11.3 Å². The zero-order chi connectivity index (χ0) is 29.2. The topological polar surface area (TPSA) is 82.5 Å². The van der Waals surface area contributed by atoms with Crippen LogP contribution in [-0.4, -0.2) is 32.8 Å². The Labute approximate surface area is 239 Å². The molecule has 4 rings (SSSR count). The van der Waals surface area contributed by atoms with Crippen molar-refractivity contribution in [3.8, 4) is 17.2 Å². The van der Waals surface area contributed by atoms with Gasteiger partial charge in [0.1, 0.15) is 6.79 Å². The zero-order valence-electron chi connectivity index (χ0n) is 24.6. The molecule has 0 saturated carbocycles. The second kappa shape index (κ2) is 14.6. The van der Waals surface area contributed by atoms with Gasteiger partial charge in [-0.2, -0.15) is 5.26 Å². The fourth-order valence-corrected chi connectivity index (χ4v) is 6.77. The van der Waals surface area contributed by atoms with E-state index in [-0.39, 0.29) is 5.41 Å². The number of amidine groups is 1. The van der Waals surface area contributed by atoms with Gasteiger partial charge in [0.25, 0.3) is 0 Å². The van der Waals surface area contributed by atoms with Gasteiger partial charge in [0, 0.05) is 36.1 Å². The van der Waals surface area contributed by atoms with Crippen molar-refractivity contribution in [1.29, 1.82) is 5.26 Å². The Morgan fingerprint density at radius 3 is 2.38 bits per heavy atom. The number of nitrogens with zero attached hydrogens (tertiary/aromatic N) is 3. The van der Waals surface area contributed by atoms with Crippen LogP contribution < -0.4 is 10.6 Å². The Balaban J connectivity index is 0.000000686. The molecule has 0 radical (unpaired) electrons. The Kier molecular flexibility index (Phi) is 11.9. The maximum absolute atomic E-state index is 9.31. The zero-order valence-corrected chi connectivity index (χ0v) is 25.4. The minimum absolute atomic E-state index is 0.137. The third-order valence-electron chi connectivity index (χ3n) is 7.78. The SMILES string of the molecule is C=O.CCC1CN(c2cccc(C(C)C)c2)CC1(c1cc(-c2cccc(C#N)c2)cs1)C(C)C.CN=C(C)N. The summed E-state index contributed by atoms with van der Waals surface area (Å²) in [4.78, 5) is 15.7. The molecule has 208 valence electrons. The van der Waals surface area contributed by atoms with Gasteiger partial charge in [-0.1, -0.05) is 65.3 Å². The van der Waals surface area contributed by atoms with Crippen LogP contribution in [0.15, 0.2) is 65.0 Å². The molecular formula is C33H44N4OS. The summed E-state index contributed by atoms with van der Waals surface area (Å²) in [5.41, 5.74) is 11.0. The predicted molar refractivity (Wildman–Crippen MR) is 168 cm³/mol. The van der Waals surface area contributed by atoms with E-state index in [1.54, 1.807) is 14.0 Å². The number of carbonyl (C=O) groups is 1. The average Bonchev–Trinajstić information content (AvgIpc) is 3.61. The predicted octanol–water partition coefficient (Wildman–Crippen LogP) is 7.66. The summed E-state index contributed by atoms with van der Waals surface area (Å²) < 4.78 is 0. The molecule has 2 atom stereocenters. The van der Waals surface area contributed by atoms with E-state index in [9.17, 15) is 5.26 Å². The quantitative estimate of drug-likeness (QED) is 0.255. The monoisotopic (exact) mass is 544 g/mol. The maximum Gasteiger partial charge on any atom is 0.106 e. The van der Waals surface area contributed by atoms with E-state index < -0.39 is 0 Å². The van der Waals surface area contributed by atoms with Crippen molar-refractivity contribution >= 4 is 29.6 Å². The number of hydrogen-bond donors (Lipinski definition) is 1. The van der Waals surface area contributed by atoms with Gasteiger partial charge in [0.15, 0.2) is 0 Å². The first-order chi connectivity index (χ1) is 18.7. The highest BCUT2D eigenvalue weighted by Crippen LogP contribution is 2.50. The molecule has 1 fully saturated rings. The lowest BCUT2D eigenvalue weighted by molar-refractivity contribution is -0.0980. The molecule has 39 heavy (non-hydrogen) atoms. The lowest BCUT2D eigenvalue weighted by Gasteiger charge is -2.37. The van der Waals surface area contributed by atoms with Gasteiger partial charge in [0.2, 0.25) is 0 Å². The summed E-state index contributed by atoms with van der Waals surface area (Å²) >= 11 is 1.90. The van der Waals surface area contributed by atoms with Crippen LogP contribution in [-0.2, 0) is 10.2 Å². The fraction of sp³-hybridized carbons (Fsp3) is 0.424. The number of rotatable bonds is 6. The van der Waals surface area contributed by atoms with Gasteiger partial charge in [-0.3, -0.25) is 4.99 Å². The Morgan fingerprint density at radius 2 is 1.82 bits per heavy atom. The molecule has 1 aromatic heterocycles. The fourth-order valence-electron chi connectivity index (χ4n) is 5.43. The van der Waals surface area contributed by atoms with Crippen molar-refractivity contribution in [3.05, 3.63) is 76.0 Å². The summed E-state index contributed by atoms with van der Waals surface area (Å²) in [6.07, 6.45) is 1.18. The average molecular weight is 545 g/mol. The maximum atomic E-state index is 9.31. The molecule has 1 aliphatic heterocycles. The lowest BCUT2D eigenvalue weighted by atomic mass is 9.67. The largest absolute Gasteiger partial charge is 0.388 e. The number of thiophene rings is 1. The van der Waals surface area contributed by atoms with Gasteiger partial charge >= 0.3 is 0 Å². The molecule has 0 aliphatic carbocycles. The smallest absolute Gasteiger partial charge is 0.106 e. The molecule has 1 saturated heterocycles. The molecule has 0 bridgehead atoms. The van der Waals surface area contributed by atoms with Gasteiger partial charge in [-0.25, -0.2) is 0 Å². The number of nitriles is 1. The van der Waals surface area contributed by atoms with Crippen LogP contribution in [0.25, 0.3) is 11.1 Å². The van der Waals surface area contributed by atoms with Crippen molar-refractivity contribution in [2.75, 3.05) is 25.0 Å². The van der Waals surface area contributed by atoms with Crippen molar-refractivity contribution < 1.29 is 4.79 Å². The summed E-state index contributed by atoms with van der Waals surface area (Å²) in [6, 6.07) is 21.8. The van der Waals surface area contributed by atoms with Crippen LogP contribution in [0.3, 0.4) is 0 Å². The van der Waals surface area contributed by atoms with Crippen molar-refractivity contribution in [1.82, 2.24) is 0 Å². The van der Waals surface area contributed by atoms with E-state index in [4.69, 9.17) is 10.5 Å². The molecular weight excluding hydrogens is 500 g/mol. The molecule has 2 aromatic carbocycles. The van der Waals surface area contributed by atoms with Crippen LogP contribution in [0, 0.1) is 23.2 Å². The first-order valence-electron chi connectivity index (χ1n) is 13.6. The Hall–Kier alpha value is -3.43. The van der Waals surface area contributed by atoms with Crippen molar-refractivity contribution in [2.24, 2.45) is 22.6 Å². The van der Waals surface area contributed by atoms with Crippen LogP contribution in [0.4, 0.5) is 5.69 Å². The molecule has 2 heterocycles. The highest BCUT2D eigenvalue weighted by Gasteiger charge is 2.50. The third kappa shape index (κ3) is 7.36. The number of carbonyl (C=O) groups excluding carboxylic acids is 1. The number of aliphatic imine (C=N–C) groups is 1. The standard InChI is InChI=1S/C29H34N2S.C3H8N2.CH2O/c1-6-26-17-31(27-12-8-10-23(14-27)20(2)3)19-29(26,21(4)5)28-15-25(18-32-28)24-11-7-9-22(13-24)16-30;1-3(4)5-2;1-2/h7-15,18,20-21,26H,6,17,19H2,1-5H3;1-2H3,(H2,4,5);1H2. The van der Waals surface area contributed by atoms with E-state index in [1.807, 2.05) is 36.3 Å².